The zero-order chi connectivity index (χ0) is 18.7. The molecule has 0 N–H and O–H groups in total. The summed E-state index contributed by atoms with van der Waals surface area (Å²) < 4.78 is 0.906. The van der Waals surface area contributed by atoms with Crippen LogP contribution in [0.4, 0.5) is 5.69 Å². The molecule has 0 aliphatic carbocycles. The summed E-state index contributed by atoms with van der Waals surface area (Å²) in [6.45, 7) is 4.72. The average Bonchev–Trinajstić information content (AvgIpc) is 2.93. The first-order chi connectivity index (χ1) is 13.1. The number of carbonyl (C=O) groups excluding carboxylic acids is 1. The number of hydrogen-bond donors (Lipinski definition) is 0. The molecule has 3 aromatic carbocycles. The highest BCUT2D eigenvalue weighted by Crippen LogP contribution is 2.44. The molecular weight excluding hydrogens is 400 g/mol. The SMILES string of the molecule is Cc1cc2c3c(c4c(Br)cccc4nc3c1C)C(=O)N2Cc1ccccc1. The van der Waals surface area contributed by atoms with Crippen molar-refractivity contribution in [2.75, 3.05) is 4.90 Å². The first-order valence-corrected chi connectivity index (χ1v) is 9.73. The summed E-state index contributed by atoms with van der Waals surface area (Å²) in [5, 5.41) is 1.87. The molecule has 0 spiro atoms. The highest BCUT2D eigenvalue weighted by molar-refractivity contribution is 9.10. The molecule has 132 valence electrons. The van der Waals surface area contributed by atoms with E-state index in [1.54, 1.807) is 0 Å². The van der Waals surface area contributed by atoms with Crippen molar-refractivity contribution in [2.24, 2.45) is 0 Å². The zero-order valence-electron chi connectivity index (χ0n) is 15.1. The minimum atomic E-state index is 0.0446. The van der Waals surface area contributed by atoms with Crippen LogP contribution in [0.25, 0.3) is 21.8 Å². The monoisotopic (exact) mass is 416 g/mol. The fourth-order valence-electron chi connectivity index (χ4n) is 3.96. The second-order valence-electron chi connectivity index (χ2n) is 7.06. The van der Waals surface area contributed by atoms with Gasteiger partial charge in [-0.1, -0.05) is 52.3 Å². The van der Waals surface area contributed by atoms with Crippen molar-refractivity contribution in [3.05, 3.63) is 81.3 Å². The van der Waals surface area contributed by atoms with Gasteiger partial charge < -0.3 is 4.90 Å². The van der Waals surface area contributed by atoms with Crippen LogP contribution < -0.4 is 4.90 Å². The molecule has 3 nitrogen and oxygen atoms in total. The lowest BCUT2D eigenvalue weighted by Crippen LogP contribution is -2.26. The molecular formula is C23H17BrN2O. The lowest BCUT2D eigenvalue weighted by molar-refractivity contribution is 0.0993. The number of anilines is 1. The number of rotatable bonds is 2. The van der Waals surface area contributed by atoms with Gasteiger partial charge in [0, 0.05) is 15.2 Å². The van der Waals surface area contributed by atoms with E-state index in [9.17, 15) is 4.79 Å². The number of nitrogens with zero attached hydrogens (tertiary/aromatic N) is 2. The van der Waals surface area contributed by atoms with Crippen LogP contribution in [0.5, 0.6) is 0 Å². The Labute approximate surface area is 165 Å². The van der Waals surface area contributed by atoms with Crippen molar-refractivity contribution >= 4 is 49.3 Å². The van der Waals surface area contributed by atoms with Crippen molar-refractivity contribution in [2.45, 2.75) is 20.4 Å². The minimum absolute atomic E-state index is 0.0446. The van der Waals surface area contributed by atoms with E-state index in [4.69, 9.17) is 4.98 Å². The number of pyridine rings is 1. The molecule has 1 aliphatic heterocycles. The Kier molecular flexibility index (Phi) is 3.59. The largest absolute Gasteiger partial charge is 0.303 e. The van der Waals surface area contributed by atoms with Gasteiger partial charge in [0.05, 0.1) is 28.8 Å². The normalized spacial score (nSPS) is 13.1. The van der Waals surface area contributed by atoms with E-state index in [0.29, 0.717) is 6.54 Å². The number of halogens is 1. The van der Waals surface area contributed by atoms with Gasteiger partial charge in [-0.25, -0.2) is 4.98 Å². The number of carbonyl (C=O) groups is 1. The van der Waals surface area contributed by atoms with Crippen LogP contribution in [0.2, 0.25) is 0 Å². The molecule has 1 aromatic heterocycles. The van der Waals surface area contributed by atoms with Crippen LogP contribution >= 0.6 is 15.9 Å². The van der Waals surface area contributed by atoms with Gasteiger partial charge in [0.1, 0.15) is 0 Å². The molecule has 0 fully saturated rings. The van der Waals surface area contributed by atoms with Gasteiger partial charge in [0.15, 0.2) is 0 Å². The van der Waals surface area contributed by atoms with Crippen molar-refractivity contribution in [1.82, 2.24) is 4.98 Å². The summed E-state index contributed by atoms with van der Waals surface area (Å²) in [4.78, 5) is 20.4. The summed E-state index contributed by atoms with van der Waals surface area (Å²) in [5.74, 6) is 0.0446. The lowest BCUT2D eigenvalue weighted by atomic mass is 9.99. The molecule has 2 heterocycles. The number of benzene rings is 3. The van der Waals surface area contributed by atoms with E-state index in [-0.39, 0.29) is 5.91 Å². The zero-order valence-corrected chi connectivity index (χ0v) is 16.7. The number of hydrogen-bond acceptors (Lipinski definition) is 2. The standard InChI is InChI=1S/C23H17BrN2O/c1-13-11-18-20-21(23(27)26(18)12-15-7-4-3-5-8-15)19-16(24)9-6-10-17(19)25-22(20)14(13)2/h3-11H,12H2,1-2H3. The molecule has 0 atom stereocenters. The summed E-state index contributed by atoms with van der Waals surface area (Å²) in [6, 6.07) is 18.2. The molecule has 0 bridgehead atoms. The van der Waals surface area contributed by atoms with Gasteiger partial charge in [0.2, 0.25) is 0 Å². The fourth-order valence-corrected chi connectivity index (χ4v) is 4.51. The summed E-state index contributed by atoms with van der Waals surface area (Å²) in [5.41, 5.74) is 6.89. The van der Waals surface area contributed by atoms with Crippen molar-refractivity contribution in [1.29, 1.82) is 0 Å². The average molecular weight is 417 g/mol. The highest BCUT2D eigenvalue weighted by atomic mass is 79.9. The maximum absolute atomic E-state index is 13.5. The maximum Gasteiger partial charge on any atom is 0.260 e. The van der Waals surface area contributed by atoms with Gasteiger partial charge in [-0.05, 0) is 48.7 Å². The summed E-state index contributed by atoms with van der Waals surface area (Å²) in [7, 11) is 0. The Morgan fingerprint density at radius 1 is 1.00 bits per heavy atom. The molecule has 4 heteroatoms. The quantitative estimate of drug-likeness (QED) is 0.379. The van der Waals surface area contributed by atoms with Gasteiger partial charge in [-0.2, -0.15) is 0 Å². The van der Waals surface area contributed by atoms with Crippen LogP contribution in [0, 0.1) is 13.8 Å². The lowest BCUT2D eigenvalue weighted by Gasteiger charge is -2.18. The van der Waals surface area contributed by atoms with E-state index in [0.717, 1.165) is 54.2 Å². The predicted octanol–water partition coefficient (Wildman–Crippen LogP) is 5.93. The Hall–Kier alpha value is -2.72. The van der Waals surface area contributed by atoms with E-state index in [2.05, 4.69) is 48.0 Å². The van der Waals surface area contributed by atoms with E-state index >= 15 is 0 Å². The van der Waals surface area contributed by atoms with Gasteiger partial charge in [-0.15, -0.1) is 0 Å². The van der Waals surface area contributed by atoms with Gasteiger partial charge in [-0.3, -0.25) is 4.79 Å². The number of aromatic nitrogens is 1. The summed E-state index contributed by atoms with van der Waals surface area (Å²) in [6.07, 6.45) is 0. The molecule has 27 heavy (non-hydrogen) atoms. The van der Waals surface area contributed by atoms with Crippen LogP contribution in [0.3, 0.4) is 0 Å². The Morgan fingerprint density at radius 3 is 2.56 bits per heavy atom. The van der Waals surface area contributed by atoms with Crippen molar-refractivity contribution < 1.29 is 4.79 Å². The van der Waals surface area contributed by atoms with E-state index in [1.165, 1.54) is 0 Å². The van der Waals surface area contributed by atoms with Crippen molar-refractivity contribution in [3.8, 4) is 0 Å². The third-order valence-electron chi connectivity index (χ3n) is 5.45. The predicted molar refractivity (Wildman–Crippen MR) is 113 cm³/mol. The van der Waals surface area contributed by atoms with Crippen LogP contribution in [0.15, 0.2) is 59.1 Å². The van der Waals surface area contributed by atoms with E-state index < -0.39 is 0 Å². The number of aryl methyl sites for hydroxylation is 2. The first-order valence-electron chi connectivity index (χ1n) is 8.94. The first kappa shape index (κ1) is 16.5. The molecule has 1 amide bonds. The molecule has 0 radical (unpaired) electrons. The highest BCUT2D eigenvalue weighted by Gasteiger charge is 2.34. The van der Waals surface area contributed by atoms with E-state index in [1.807, 2.05) is 41.3 Å². The molecule has 4 aromatic rings. The topological polar surface area (TPSA) is 33.2 Å². The third-order valence-corrected chi connectivity index (χ3v) is 6.11. The van der Waals surface area contributed by atoms with Crippen LogP contribution in [-0.2, 0) is 6.54 Å². The summed E-state index contributed by atoms with van der Waals surface area (Å²) >= 11 is 3.63. The fraction of sp³-hybridized carbons (Fsp3) is 0.130. The van der Waals surface area contributed by atoms with Crippen LogP contribution in [0.1, 0.15) is 27.0 Å². The third kappa shape index (κ3) is 2.33. The molecule has 1 aliphatic rings. The number of amides is 1. The van der Waals surface area contributed by atoms with Crippen LogP contribution in [-0.4, -0.2) is 10.9 Å². The number of fused-ring (bicyclic) bond motifs is 2. The molecule has 0 saturated heterocycles. The van der Waals surface area contributed by atoms with Gasteiger partial charge >= 0.3 is 0 Å². The van der Waals surface area contributed by atoms with Crippen molar-refractivity contribution in [3.63, 3.8) is 0 Å². The molecule has 0 saturated carbocycles. The smallest absolute Gasteiger partial charge is 0.260 e. The Morgan fingerprint density at radius 2 is 1.78 bits per heavy atom. The Bertz CT molecular complexity index is 1250. The minimum Gasteiger partial charge on any atom is -0.303 e. The second kappa shape index (κ2) is 5.89. The van der Waals surface area contributed by atoms with Gasteiger partial charge in [0.25, 0.3) is 5.91 Å². The Balaban J connectivity index is 1.85. The molecule has 5 rings (SSSR count). The maximum atomic E-state index is 13.5. The second-order valence-corrected chi connectivity index (χ2v) is 7.91. The molecule has 0 unspecified atom stereocenters.